The van der Waals surface area contributed by atoms with Crippen LogP contribution in [0.25, 0.3) is 0 Å². The van der Waals surface area contributed by atoms with Crippen molar-refractivity contribution in [1.82, 2.24) is 0 Å². The quantitative estimate of drug-likeness (QED) is 0.866. The Morgan fingerprint density at radius 1 is 1.46 bits per heavy atom. The van der Waals surface area contributed by atoms with E-state index in [2.05, 4.69) is 41.1 Å². The fourth-order valence-electron chi connectivity index (χ4n) is 1.26. The molecule has 13 heavy (non-hydrogen) atoms. The van der Waals surface area contributed by atoms with Gasteiger partial charge in [0, 0.05) is 10.5 Å². The summed E-state index contributed by atoms with van der Waals surface area (Å²) in [5.41, 5.74) is 8.37. The van der Waals surface area contributed by atoms with Gasteiger partial charge in [0.05, 0.1) is 0 Å². The molecule has 0 aliphatic heterocycles. The molecule has 0 bridgehead atoms. The van der Waals surface area contributed by atoms with Gasteiger partial charge in [-0.25, -0.2) is 0 Å². The molecule has 1 rings (SSSR count). The van der Waals surface area contributed by atoms with Crippen molar-refractivity contribution in [2.75, 3.05) is 0 Å². The molecule has 0 aliphatic carbocycles. The lowest BCUT2D eigenvalue weighted by Gasteiger charge is -2.06. The van der Waals surface area contributed by atoms with Crippen LogP contribution < -0.4 is 5.73 Å². The molecule has 1 atom stereocenters. The molecule has 0 heterocycles. The molecule has 0 saturated carbocycles. The lowest BCUT2D eigenvalue weighted by atomic mass is 10.0. The number of nitrogens with two attached hydrogens (primary N) is 1. The van der Waals surface area contributed by atoms with Gasteiger partial charge in [-0.05, 0) is 43.9 Å². The Bertz CT molecular complexity index is 281. The van der Waals surface area contributed by atoms with Crippen molar-refractivity contribution in [1.29, 1.82) is 0 Å². The Labute approximate surface area is 88.5 Å². The van der Waals surface area contributed by atoms with Gasteiger partial charge in [0.25, 0.3) is 0 Å². The van der Waals surface area contributed by atoms with Gasteiger partial charge in [0.15, 0.2) is 0 Å². The second kappa shape index (κ2) is 4.77. The summed E-state index contributed by atoms with van der Waals surface area (Å²) in [6.45, 7) is 4.16. The molecule has 0 aliphatic rings. The maximum atomic E-state index is 5.70. The van der Waals surface area contributed by atoms with Crippen molar-refractivity contribution < 1.29 is 0 Å². The summed E-state index contributed by atoms with van der Waals surface area (Å²) in [5, 5.41) is 0. The SMILES string of the molecule is Cc1cc(CC[C@@H](C)N)ccc1Br. The number of aryl methyl sites for hydroxylation is 2. The van der Waals surface area contributed by atoms with Crippen LogP contribution in [0.1, 0.15) is 24.5 Å². The first kappa shape index (κ1) is 10.7. The smallest absolute Gasteiger partial charge is 0.0204 e. The van der Waals surface area contributed by atoms with Crippen LogP contribution in [0.5, 0.6) is 0 Å². The molecule has 1 aromatic rings. The summed E-state index contributed by atoms with van der Waals surface area (Å²) >= 11 is 3.48. The van der Waals surface area contributed by atoms with Crippen molar-refractivity contribution in [3.8, 4) is 0 Å². The van der Waals surface area contributed by atoms with Crippen molar-refractivity contribution in [2.45, 2.75) is 32.7 Å². The van der Waals surface area contributed by atoms with Crippen LogP contribution in [0.15, 0.2) is 22.7 Å². The highest BCUT2D eigenvalue weighted by molar-refractivity contribution is 9.10. The summed E-state index contributed by atoms with van der Waals surface area (Å²) in [4.78, 5) is 0. The van der Waals surface area contributed by atoms with E-state index >= 15 is 0 Å². The van der Waals surface area contributed by atoms with E-state index in [1.807, 2.05) is 6.92 Å². The summed E-state index contributed by atoms with van der Waals surface area (Å²) in [7, 11) is 0. The van der Waals surface area contributed by atoms with Gasteiger partial charge in [0.2, 0.25) is 0 Å². The van der Waals surface area contributed by atoms with Crippen molar-refractivity contribution in [3.05, 3.63) is 33.8 Å². The van der Waals surface area contributed by atoms with E-state index in [9.17, 15) is 0 Å². The van der Waals surface area contributed by atoms with Crippen LogP contribution >= 0.6 is 15.9 Å². The van der Waals surface area contributed by atoms with Crippen molar-refractivity contribution in [3.63, 3.8) is 0 Å². The number of hydrogen-bond donors (Lipinski definition) is 1. The predicted molar refractivity (Wildman–Crippen MR) is 60.8 cm³/mol. The zero-order valence-electron chi connectivity index (χ0n) is 8.18. The lowest BCUT2D eigenvalue weighted by Crippen LogP contribution is -2.15. The summed E-state index contributed by atoms with van der Waals surface area (Å²) in [6, 6.07) is 6.77. The van der Waals surface area contributed by atoms with Crippen molar-refractivity contribution in [2.24, 2.45) is 5.73 Å². The monoisotopic (exact) mass is 241 g/mol. The van der Waals surface area contributed by atoms with Gasteiger partial charge >= 0.3 is 0 Å². The van der Waals surface area contributed by atoms with Crippen LogP contribution in [0.2, 0.25) is 0 Å². The van der Waals surface area contributed by atoms with E-state index < -0.39 is 0 Å². The van der Waals surface area contributed by atoms with E-state index in [1.54, 1.807) is 0 Å². The fraction of sp³-hybridized carbons (Fsp3) is 0.455. The Morgan fingerprint density at radius 2 is 2.15 bits per heavy atom. The molecular formula is C11H16BrN. The maximum absolute atomic E-state index is 5.70. The second-order valence-corrected chi connectivity index (χ2v) is 4.45. The minimum absolute atomic E-state index is 0.295. The molecule has 0 saturated heterocycles. The van der Waals surface area contributed by atoms with E-state index in [4.69, 9.17) is 5.73 Å². The first-order chi connectivity index (χ1) is 6.09. The van der Waals surface area contributed by atoms with E-state index in [0.717, 1.165) is 12.8 Å². The molecule has 0 unspecified atom stereocenters. The van der Waals surface area contributed by atoms with E-state index in [0.29, 0.717) is 6.04 Å². The molecule has 0 aromatic heterocycles. The average molecular weight is 242 g/mol. The van der Waals surface area contributed by atoms with Gasteiger partial charge < -0.3 is 5.73 Å². The zero-order chi connectivity index (χ0) is 9.84. The Balaban J connectivity index is 2.63. The second-order valence-electron chi connectivity index (χ2n) is 3.60. The third-order valence-corrected chi connectivity index (χ3v) is 3.00. The number of hydrogen-bond acceptors (Lipinski definition) is 1. The Morgan fingerprint density at radius 3 is 2.69 bits per heavy atom. The van der Waals surface area contributed by atoms with Crippen LogP contribution in [0, 0.1) is 6.92 Å². The normalized spacial score (nSPS) is 12.9. The molecule has 2 heteroatoms. The zero-order valence-corrected chi connectivity index (χ0v) is 9.76. The number of rotatable bonds is 3. The van der Waals surface area contributed by atoms with Gasteiger partial charge in [-0.1, -0.05) is 28.1 Å². The lowest BCUT2D eigenvalue weighted by molar-refractivity contribution is 0.666. The van der Waals surface area contributed by atoms with Crippen LogP contribution in [0.3, 0.4) is 0 Å². The summed E-state index contributed by atoms with van der Waals surface area (Å²) in [5.74, 6) is 0. The van der Waals surface area contributed by atoms with Crippen LogP contribution in [-0.4, -0.2) is 6.04 Å². The number of benzene rings is 1. The Kier molecular flexibility index (Phi) is 3.94. The maximum Gasteiger partial charge on any atom is 0.0204 e. The first-order valence-corrected chi connectivity index (χ1v) is 5.39. The molecule has 72 valence electrons. The standard InChI is InChI=1S/C11H16BrN/c1-8-7-10(4-3-9(2)13)5-6-11(8)12/h5-7,9H,3-4,13H2,1-2H3/t9-/m1/s1. The largest absolute Gasteiger partial charge is 0.328 e. The molecule has 1 aromatic carbocycles. The highest BCUT2D eigenvalue weighted by Crippen LogP contribution is 2.17. The van der Waals surface area contributed by atoms with Gasteiger partial charge in [-0.15, -0.1) is 0 Å². The van der Waals surface area contributed by atoms with E-state index in [-0.39, 0.29) is 0 Å². The highest BCUT2D eigenvalue weighted by Gasteiger charge is 1.99. The third kappa shape index (κ3) is 3.49. The van der Waals surface area contributed by atoms with E-state index in [1.165, 1.54) is 15.6 Å². The molecule has 0 amide bonds. The highest BCUT2D eigenvalue weighted by atomic mass is 79.9. The topological polar surface area (TPSA) is 26.0 Å². The Hall–Kier alpha value is -0.340. The van der Waals surface area contributed by atoms with Crippen LogP contribution in [0.4, 0.5) is 0 Å². The molecule has 0 radical (unpaired) electrons. The predicted octanol–water partition coefficient (Wildman–Crippen LogP) is 3.04. The molecule has 1 nitrogen and oxygen atoms in total. The molecule has 0 spiro atoms. The first-order valence-electron chi connectivity index (χ1n) is 4.60. The number of halogens is 1. The van der Waals surface area contributed by atoms with Gasteiger partial charge in [-0.2, -0.15) is 0 Å². The average Bonchev–Trinajstić information content (AvgIpc) is 2.07. The third-order valence-electron chi connectivity index (χ3n) is 2.11. The molecule has 0 fully saturated rings. The minimum Gasteiger partial charge on any atom is -0.328 e. The van der Waals surface area contributed by atoms with Crippen LogP contribution in [-0.2, 0) is 6.42 Å². The molecule has 2 N–H and O–H groups in total. The minimum atomic E-state index is 0.295. The molecular weight excluding hydrogens is 226 g/mol. The van der Waals surface area contributed by atoms with Gasteiger partial charge in [-0.3, -0.25) is 0 Å². The van der Waals surface area contributed by atoms with Gasteiger partial charge in [0.1, 0.15) is 0 Å². The fourth-order valence-corrected chi connectivity index (χ4v) is 1.50. The summed E-state index contributed by atoms with van der Waals surface area (Å²) in [6.07, 6.45) is 2.13. The summed E-state index contributed by atoms with van der Waals surface area (Å²) < 4.78 is 1.18. The van der Waals surface area contributed by atoms with Crippen molar-refractivity contribution >= 4 is 15.9 Å².